The van der Waals surface area contributed by atoms with Crippen molar-refractivity contribution in [3.63, 3.8) is 0 Å². The van der Waals surface area contributed by atoms with Crippen molar-refractivity contribution in [1.29, 1.82) is 0 Å². The lowest BCUT2D eigenvalue weighted by atomic mass is 9.54. The second-order valence-corrected chi connectivity index (χ2v) is 10.4. The van der Waals surface area contributed by atoms with Crippen molar-refractivity contribution in [3.8, 4) is 5.75 Å². The Morgan fingerprint density at radius 1 is 1.29 bits per heavy atom. The lowest BCUT2D eigenvalue weighted by molar-refractivity contribution is -0.129. The predicted molar refractivity (Wildman–Crippen MR) is 122 cm³/mol. The van der Waals surface area contributed by atoms with Crippen LogP contribution >= 0.6 is 0 Å². The number of nitrogens with one attached hydrogen (secondary N) is 2. The first-order valence-corrected chi connectivity index (χ1v) is 12.1. The van der Waals surface area contributed by atoms with Gasteiger partial charge in [-0.25, -0.2) is 4.79 Å². The molecular formula is C26H38N2O3. The van der Waals surface area contributed by atoms with Gasteiger partial charge in [-0.2, -0.15) is 0 Å². The van der Waals surface area contributed by atoms with Crippen LogP contribution in [-0.2, 0) is 11.2 Å². The van der Waals surface area contributed by atoms with Crippen LogP contribution in [0.2, 0.25) is 0 Å². The van der Waals surface area contributed by atoms with Crippen LogP contribution in [0.5, 0.6) is 5.75 Å². The molecule has 0 aromatic heterocycles. The molecule has 5 nitrogen and oxygen atoms in total. The van der Waals surface area contributed by atoms with Crippen LogP contribution in [0.25, 0.3) is 0 Å². The Labute approximate surface area is 186 Å². The van der Waals surface area contributed by atoms with E-state index >= 15 is 0 Å². The van der Waals surface area contributed by atoms with Crippen LogP contribution in [-0.4, -0.2) is 31.5 Å². The standard InChI is InChI=1S/C26H38N2O3/c1-16(2)28-25(30)27-13-5-6-18-15-23(29)26(3)12-11-21-20-10-8-19(31-4)14-17(20)7-9-22(21)24(18)26/h8,10,14,16,18,21-22,24H,5-7,9,11-13,15H2,1-4H3,(H2,27,28,30)/t18-,21?,22?,24?,26-/m1/s1. The summed E-state index contributed by atoms with van der Waals surface area (Å²) in [7, 11) is 1.73. The molecular weight excluding hydrogens is 388 g/mol. The summed E-state index contributed by atoms with van der Waals surface area (Å²) < 4.78 is 5.45. The average molecular weight is 427 g/mol. The van der Waals surface area contributed by atoms with Crippen molar-refractivity contribution >= 4 is 11.8 Å². The zero-order chi connectivity index (χ0) is 22.2. The summed E-state index contributed by atoms with van der Waals surface area (Å²) >= 11 is 0. The van der Waals surface area contributed by atoms with Gasteiger partial charge in [-0.3, -0.25) is 4.79 Å². The number of Topliss-reactive ketones (excluding diaryl/α,β-unsaturated/α-hetero) is 1. The molecule has 2 fully saturated rings. The van der Waals surface area contributed by atoms with Gasteiger partial charge in [0, 0.05) is 24.4 Å². The molecule has 0 heterocycles. The van der Waals surface area contributed by atoms with E-state index in [0.29, 0.717) is 36.0 Å². The molecule has 170 valence electrons. The molecule has 0 spiro atoms. The van der Waals surface area contributed by atoms with E-state index in [1.807, 2.05) is 13.8 Å². The van der Waals surface area contributed by atoms with Crippen LogP contribution in [0.4, 0.5) is 4.79 Å². The zero-order valence-corrected chi connectivity index (χ0v) is 19.5. The molecule has 0 bridgehead atoms. The van der Waals surface area contributed by atoms with Crippen molar-refractivity contribution < 1.29 is 14.3 Å². The summed E-state index contributed by atoms with van der Waals surface area (Å²) in [5, 5.41) is 5.84. The smallest absolute Gasteiger partial charge is 0.314 e. The monoisotopic (exact) mass is 426 g/mol. The first kappa shape index (κ1) is 22.2. The molecule has 2 saturated carbocycles. The number of methoxy groups -OCH3 is 1. The number of carbonyl (C=O) groups excluding carboxylic acids is 2. The minimum Gasteiger partial charge on any atom is -0.497 e. The maximum absolute atomic E-state index is 13.1. The maximum Gasteiger partial charge on any atom is 0.314 e. The summed E-state index contributed by atoms with van der Waals surface area (Å²) in [4.78, 5) is 25.0. The quantitative estimate of drug-likeness (QED) is 0.640. The molecule has 1 aromatic rings. The minimum atomic E-state index is -0.155. The third-order valence-electron chi connectivity index (χ3n) is 8.23. The van der Waals surface area contributed by atoms with Gasteiger partial charge in [0.05, 0.1) is 7.11 Å². The number of carbonyl (C=O) groups is 2. The lowest BCUT2D eigenvalue weighted by Gasteiger charge is -2.50. The molecule has 1 aromatic carbocycles. The van der Waals surface area contributed by atoms with E-state index < -0.39 is 0 Å². The van der Waals surface area contributed by atoms with Gasteiger partial charge in [-0.15, -0.1) is 0 Å². The number of urea groups is 1. The molecule has 0 saturated heterocycles. The number of rotatable bonds is 6. The molecule has 31 heavy (non-hydrogen) atoms. The number of aryl methyl sites for hydroxylation is 1. The third kappa shape index (κ3) is 4.20. The van der Waals surface area contributed by atoms with E-state index in [9.17, 15) is 9.59 Å². The van der Waals surface area contributed by atoms with Gasteiger partial charge in [0.15, 0.2) is 0 Å². The number of benzene rings is 1. The van der Waals surface area contributed by atoms with E-state index in [1.54, 1.807) is 7.11 Å². The Morgan fingerprint density at radius 2 is 2.10 bits per heavy atom. The molecule has 3 unspecified atom stereocenters. The summed E-state index contributed by atoms with van der Waals surface area (Å²) in [6.45, 7) is 6.84. The largest absolute Gasteiger partial charge is 0.497 e. The molecule has 2 amide bonds. The Hall–Kier alpha value is -2.04. The minimum absolute atomic E-state index is 0.0978. The van der Waals surface area contributed by atoms with Crippen LogP contribution in [0.15, 0.2) is 18.2 Å². The third-order valence-corrected chi connectivity index (χ3v) is 8.23. The molecule has 5 atom stereocenters. The van der Waals surface area contributed by atoms with Gasteiger partial charge in [0.2, 0.25) is 0 Å². The van der Waals surface area contributed by atoms with E-state index in [-0.39, 0.29) is 17.5 Å². The Balaban J connectivity index is 1.45. The molecule has 0 aliphatic heterocycles. The van der Waals surface area contributed by atoms with Gasteiger partial charge in [-0.05, 0) is 99.3 Å². The zero-order valence-electron chi connectivity index (χ0n) is 19.5. The van der Waals surface area contributed by atoms with Crippen LogP contribution in [0, 0.1) is 23.2 Å². The van der Waals surface area contributed by atoms with Crippen molar-refractivity contribution in [2.75, 3.05) is 13.7 Å². The number of fused-ring (bicyclic) bond motifs is 5. The molecule has 3 aliphatic carbocycles. The number of amides is 2. The first-order chi connectivity index (χ1) is 14.8. The van der Waals surface area contributed by atoms with Crippen LogP contribution in [0.1, 0.15) is 76.3 Å². The van der Waals surface area contributed by atoms with E-state index in [4.69, 9.17) is 4.74 Å². The van der Waals surface area contributed by atoms with Gasteiger partial charge < -0.3 is 15.4 Å². The highest BCUT2D eigenvalue weighted by molar-refractivity contribution is 5.87. The Kier molecular flexibility index (Phi) is 6.32. The van der Waals surface area contributed by atoms with Gasteiger partial charge in [0.1, 0.15) is 11.5 Å². The van der Waals surface area contributed by atoms with Gasteiger partial charge in [0.25, 0.3) is 0 Å². The SMILES string of the molecule is COc1ccc2c(c1)CCC1C2CC[C@]2(C)C(=O)C[C@@H](CCCNC(=O)NC(C)C)C12. The predicted octanol–water partition coefficient (Wildman–Crippen LogP) is 4.83. The fourth-order valence-corrected chi connectivity index (χ4v) is 6.89. The maximum atomic E-state index is 13.1. The highest BCUT2D eigenvalue weighted by Gasteiger charge is 2.58. The highest BCUT2D eigenvalue weighted by atomic mass is 16.5. The van der Waals surface area contributed by atoms with E-state index in [1.165, 1.54) is 17.5 Å². The Morgan fingerprint density at radius 3 is 2.84 bits per heavy atom. The first-order valence-electron chi connectivity index (χ1n) is 12.1. The van der Waals surface area contributed by atoms with E-state index in [0.717, 1.165) is 44.3 Å². The molecule has 5 heteroatoms. The Bertz CT molecular complexity index is 836. The fourth-order valence-electron chi connectivity index (χ4n) is 6.89. The van der Waals surface area contributed by atoms with E-state index in [2.05, 4.69) is 35.8 Å². The summed E-state index contributed by atoms with van der Waals surface area (Å²) in [6.07, 6.45) is 7.05. The summed E-state index contributed by atoms with van der Waals surface area (Å²) in [6, 6.07) is 6.63. The van der Waals surface area contributed by atoms with Gasteiger partial charge in [-0.1, -0.05) is 13.0 Å². The number of ether oxygens (including phenoxy) is 1. The van der Waals surface area contributed by atoms with Crippen molar-refractivity contribution in [2.24, 2.45) is 23.2 Å². The summed E-state index contributed by atoms with van der Waals surface area (Å²) in [5.41, 5.74) is 2.77. The van der Waals surface area contributed by atoms with Crippen molar-refractivity contribution in [1.82, 2.24) is 10.6 Å². The van der Waals surface area contributed by atoms with Crippen molar-refractivity contribution in [3.05, 3.63) is 29.3 Å². The molecule has 4 rings (SSSR count). The second-order valence-electron chi connectivity index (χ2n) is 10.4. The number of hydrogen-bond acceptors (Lipinski definition) is 3. The fraction of sp³-hybridized carbons (Fsp3) is 0.692. The van der Waals surface area contributed by atoms with Crippen molar-refractivity contribution in [2.45, 2.75) is 77.7 Å². The second kappa shape index (κ2) is 8.84. The lowest BCUT2D eigenvalue weighted by Crippen LogP contribution is -2.44. The normalized spacial score (nSPS) is 31.6. The highest BCUT2D eigenvalue weighted by Crippen LogP contribution is 2.62. The molecule has 3 aliphatic rings. The summed E-state index contributed by atoms with van der Waals surface area (Å²) in [5.74, 6) is 3.50. The average Bonchev–Trinajstić information content (AvgIpc) is 3.00. The molecule has 2 N–H and O–H groups in total. The molecule has 0 radical (unpaired) electrons. The number of hydrogen-bond donors (Lipinski definition) is 2. The van der Waals surface area contributed by atoms with Crippen LogP contribution < -0.4 is 15.4 Å². The topological polar surface area (TPSA) is 67.4 Å². The van der Waals surface area contributed by atoms with Gasteiger partial charge >= 0.3 is 6.03 Å². The number of ketones is 1. The van der Waals surface area contributed by atoms with Crippen LogP contribution in [0.3, 0.4) is 0 Å².